The molecule has 3 rings (SSSR count). The lowest BCUT2D eigenvalue weighted by Crippen LogP contribution is -2.49. The Morgan fingerprint density at radius 1 is 1.08 bits per heavy atom. The van der Waals surface area contributed by atoms with Crippen LogP contribution >= 0.6 is 11.6 Å². The molecule has 0 aromatic heterocycles. The summed E-state index contributed by atoms with van der Waals surface area (Å²) in [4.78, 5) is 16.7. The smallest absolute Gasteiger partial charge is 0.253 e. The lowest BCUT2D eigenvalue weighted by molar-refractivity contribution is 0.0747. The van der Waals surface area contributed by atoms with Gasteiger partial charge in [0.1, 0.15) is 0 Å². The van der Waals surface area contributed by atoms with Crippen LogP contribution in [0.15, 0.2) is 42.5 Å². The summed E-state index contributed by atoms with van der Waals surface area (Å²) < 4.78 is 0. The minimum Gasteiger partial charge on any atom is -0.368 e. The second-order valence-corrected chi connectivity index (χ2v) is 6.34. The van der Waals surface area contributed by atoms with Crippen molar-refractivity contribution in [3.63, 3.8) is 0 Å². The van der Waals surface area contributed by atoms with Gasteiger partial charge in [-0.15, -0.1) is 0 Å². The molecule has 2 aromatic carbocycles. The maximum Gasteiger partial charge on any atom is 0.253 e. The van der Waals surface area contributed by atoms with Crippen molar-refractivity contribution in [1.29, 1.82) is 5.26 Å². The van der Waals surface area contributed by atoms with Crippen LogP contribution in [-0.4, -0.2) is 37.0 Å². The molecule has 0 unspecified atom stereocenters. The van der Waals surface area contributed by atoms with Gasteiger partial charge in [0.05, 0.1) is 11.6 Å². The molecule has 1 saturated heterocycles. The van der Waals surface area contributed by atoms with Crippen LogP contribution in [0.25, 0.3) is 0 Å². The molecule has 0 N–H and O–H groups in total. The number of hydrogen-bond acceptors (Lipinski definition) is 3. The first kappa shape index (κ1) is 16.4. The zero-order valence-corrected chi connectivity index (χ0v) is 14.3. The van der Waals surface area contributed by atoms with Gasteiger partial charge in [-0.05, 0) is 48.9 Å². The number of rotatable bonds is 2. The quantitative estimate of drug-likeness (QED) is 0.841. The molecule has 0 aliphatic carbocycles. The second kappa shape index (κ2) is 6.94. The number of anilines is 1. The summed E-state index contributed by atoms with van der Waals surface area (Å²) in [6.45, 7) is 4.97. The van der Waals surface area contributed by atoms with Gasteiger partial charge < -0.3 is 9.80 Å². The summed E-state index contributed by atoms with van der Waals surface area (Å²) >= 11 is 6.11. The minimum atomic E-state index is 0.0157. The normalized spacial score (nSPS) is 14.4. The van der Waals surface area contributed by atoms with Crippen LogP contribution in [0.4, 0.5) is 5.69 Å². The average Bonchev–Trinajstić information content (AvgIpc) is 2.63. The van der Waals surface area contributed by atoms with E-state index in [1.54, 1.807) is 24.3 Å². The SMILES string of the molecule is Cc1ccc(Cl)cc1N1CCN(C(=O)c2ccc(C#N)cc2)CC1. The van der Waals surface area contributed by atoms with E-state index in [9.17, 15) is 4.79 Å². The Morgan fingerprint density at radius 3 is 2.38 bits per heavy atom. The van der Waals surface area contributed by atoms with Crippen molar-refractivity contribution in [3.05, 3.63) is 64.2 Å². The fraction of sp³-hybridized carbons (Fsp3) is 0.263. The highest BCUT2D eigenvalue weighted by atomic mass is 35.5. The molecule has 0 bridgehead atoms. The van der Waals surface area contributed by atoms with Gasteiger partial charge in [0.15, 0.2) is 0 Å². The molecule has 0 saturated carbocycles. The summed E-state index contributed by atoms with van der Waals surface area (Å²) in [5.41, 5.74) is 3.51. The van der Waals surface area contributed by atoms with Gasteiger partial charge in [-0.3, -0.25) is 4.79 Å². The maximum atomic E-state index is 12.6. The van der Waals surface area contributed by atoms with Crippen LogP contribution in [0.5, 0.6) is 0 Å². The number of carbonyl (C=O) groups excluding carboxylic acids is 1. The lowest BCUT2D eigenvalue weighted by Gasteiger charge is -2.37. The van der Waals surface area contributed by atoms with E-state index in [2.05, 4.69) is 17.9 Å². The van der Waals surface area contributed by atoms with E-state index in [4.69, 9.17) is 16.9 Å². The first-order chi connectivity index (χ1) is 11.6. The number of hydrogen-bond donors (Lipinski definition) is 0. The van der Waals surface area contributed by atoms with Crippen LogP contribution in [0.3, 0.4) is 0 Å². The van der Waals surface area contributed by atoms with Crippen LogP contribution in [0.2, 0.25) is 5.02 Å². The number of halogens is 1. The average molecular weight is 340 g/mol. The Labute approximate surface area is 146 Å². The molecular formula is C19H18ClN3O. The van der Waals surface area contributed by atoms with Gasteiger partial charge in [-0.25, -0.2) is 0 Å². The molecule has 1 aliphatic heterocycles. The van der Waals surface area contributed by atoms with E-state index in [0.29, 0.717) is 24.2 Å². The molecule has 1 fully saturated rings. The Bertz CT molecular complexity index is 787. The van der Waals surface area contributed by atoms with Crippen LogP contribution < -0.4 is 4.90 Å². The largest absolute Gasteiger partial charge is 0.368 e. The van der Waals surface area contributed by atoms with E-state index >= 15 is 0 Å². The van der Waals surface area contributed by atoms with Crippen LogP contribution in [0.1, 0.15) is 21.5 Å². The molecular weight excluding hydrogens is 322 g/mol. The van der Waals surface area contributed by atoms with Crippen molar-refractivity contribution in [2.75, 3.05) is 31.1 Å². The number of aryl methyl sites for hydroxylation is 1. The summed E-state index contributed by atoms with van der Waals surface area (Å²) in [7, 11) is 0. The van der Waals surface area contributed by atoms with Gasteiger partial charge >= 0.3 is 0 Å². The Hall–Kier alpha value is -2.51. The first-order valence-electron chi connectivity index (χ1n) is 7.89. The van der Waals surface area contributed by atoms with Crippen LogP contribution in [-0.2, 0) is 0 Å². The highest BCUT2D eigenvalue weighted by molar-refractivity contribution is 6.30. The fourth-order valence-corrected chi connectivity index (χ4v) is 3.11. The van der Waals surface area contributed by atoms with Crippen molar-refractivity contribution in [1.82, 2.24) is 4.90 Å². The number of benzene rings is 2. The molecule has 1 heterocycles. The molecule has 4 nitrogen and oxygen atoms in total. The number of carbonyl (C=O) groups is 1. The van der Waals surface area contributed by atoms with Gasteiger partial charge in [0, 0.05) is 42.5 Å². The third kappa shape index (κ3) is 3.37. The molecule has 5 heteroatoms. The molecule has 122 valence electrons. The Morgan fingerprint density at radius 2 is 1.75 bits per heavy atom. The second-order valence-electron chi connectivity index (χ2n) is 5.90. The van der Waals surface area contributed by atoms with Gasteiger partial charge in [-0.1, -0.05) is 17.7 Å². The topological polar surface area (TPSA) is 47.3 Å². The van der Waals surface area contributed by atoms with Crippen LogP contribution in [0, 0.1) is 18.3 Å². The first-order valence-corrected chi connectivity index (χ1v) is 8.27. The van der Waals surface area contributed by atoms with Crippen molar-refractivity contribution in [3.8, 4) is 6.07 Å². The Balaban J connectivity index is 1.67. The predicted molar refractivity (Wildman–Crippen MR) is 95.5 cm³/mol. The third-order valence-corrected chi connectivity index (χ3v) is 4.57. The van der Waals surface area contributed by atoms with E-state index in [-0.39, 0.29) is 5.91 Å². The lowest BCUT2D eigenvalue weighted by atomic mass is 10.1. The zero-order valence-electron chi connectivity index (χ0n) is 13.5. The number of nitrogens with zero attached hydrogens (tertiary/aromatic N) is 3. The monoisotopic (exact) mass is 339 g/mol. The fourth-order valence-electron chi connectivity index (χ4n) is 2.94. The summed E-state index contributed by atoms with van der Waals surface area (Å²) in [6, 6.07) is 14.8. The summed E-state index contributed by atoms with van der Waals surface area (Å²) in [5.74, 6) is 0.0157. The van der Waals surface area contributed by atoms with E-state index < -0.39 is 0 Å². The van der Waals surface area contributed by atoms with Gasteiger partial charge in [-0.2, -0.15) is 5.26 Å². The highest BCUT2D eigenvalue weighted by Crippen LogP contribution is 2.25. The van der Waals surface area contributed by atoms with Gasteiger partial charge in [0.2, 0.25) is 0 Å². The number of amides is 1. The molecule has 2 aromatic rings. The van der Waals surface area contributed by atoms with Crippen molar-refractivity contribution in [2.24, 2.45) is 0 Å². The molecule has 0 spiro atoms. The van der Waals surface area contributed by atoms with E-state index in [0.717, 1.165) is 23.8 Å². The minimum absolute atomic E-state index is 0.0157. The standard InChI is InChI=1S/C19H18ClN3O/c1-14-2-7-17(20)12-18(14)22-8-10-23(11-9-22)19(24)16-5-3-15(13-21)4-6-16/h2-7,12H,8-11H2,1H3. The Kier molecular flexibility index (Phi) is 4.73. The zero-order chi connectivity index (χ0) is 17.1. The van der Waals surface area contributed by atoms with Crippen molar-refractivity contribution < 1.29 is 4.79 Å². The molecule has 0 atom stereocenters. The molecule has 1 aliphatic rings. The molecule has 0 radical (unpaired) electrons. The van der Waals surface area contributed by atoms with Crippen molar-refractivity contribution in [2.45, 2.75) is 6.92 Å². The summed E-state index contributed by atoms with van der Waals surface area (Å²) in [6.07, 6.45) is 0. The van der Waals surface area contributed by atoms with E-state index in [1.165, 1.54) is 5.56 Å². The maximum absolute atomic E-state index is 12.6. The predicted octanol–water partition coefficient (Wildman–Crippen LogP) is 3.48. The third-order valence-electron chi connectivity index (χ3n) is 4.34. The van der Waals surface area contributed by atoms with Gasteiger partial charge in [0.25, 0.3) is 5.91 Å². The summed E-state index contributed by atoms with van der Waals surface area (Å²) in [5, 5.41) is 9.56. The number of piperazine rings is 1. The van der Waals surface area contributed by atoms with E-state index in [1.807, 2.05) is 23.1 Å². The van der Waals surface area contributed by atoms with Crippen molar-refractivity contribution >= 4 is 23.2 Å². The number of nitriles is 1. The highest BCUT2D eigenvalue weighted by Gasteiger charge is 2.23. The molecule has 24 heavy (non-hydrogen) atoms. The molecule has 1 amide bonds.